The molecule has 0 bridgehead atoms. The molecule has 1 aromatic rings. The second-order valence-electron chi connectivity index (χ2n) is 4.60. The lowest BCUT2D eigenvalue weighted by atomic mass is 10.3. The Kier molecular flexibility index (Phi) is 7.62. The van der Waals surface area contributed by atoms with E-state index in [9.17, 15) is 4.21 Å². The van der Waals surface area contributed by atoms with Crippen LogP contribution < -0.4 is 10.6 Å². The van der Waals surface area contributed by atoms with Crippen molar-refractivity contribution >= 4 is 45.6 Å². The fourth-order valence-corrected chi connectivity index (χ4v) is 2.46. The van der Waals surface area contributed by atoms with Gasteiger partial charge in [-0.1, -0.05) is 37.0 Å². The Morgan fingerprint density at radius 1 is 1.25 bits per heavy atom. The quantitative estimate of drug-likeness (QED) is 0.757. The Labute approximate surface area is 133 Å². The average Bonchev–Trinajstić information content (AvgIpc) is 2.39. The predicted octanol–water partition coefficient (Wildman–Crippen LogP) is 3.78. The van der Waals surface area contributed by atoms with Crippen LogP contribution in [0.3, 0.4) is 0 Å². The van der Waals surface area contributed by atoms with Crippen LogP contribution in [0.25, 0.3) is 0 Å². The minimum Gasteiger partial charge on any atom is -0.369 e. The van der Waals surface area contributed by atoms with Gasteiger partial charge in [-0.15, -0.1) is 0 Å². The second kappa shape index (κ2) is 8.70. The van der Waals surface area contributed by atoms with E-state index >= 15 is 0 Å². The molecule has 0 fully saturated rings. The largest absolute Gasteiger partial charge is 0.369 e. The van der Waals surface area contributed by atoms with E-state index in [1.165, 1.54) is 0 Å². The highest BCUT2D eigenvalue weighted by atomic mass is 35.5. The van der Waals surface area contributed by atoms with E-state index < -0.39 is 10.8 Å². The third-order valence-corrected chi connectivity index (χ3v) is 4.83. The van der Waals surface area contributed by atoms with Crippen molar-refractivity contribution in [2.24, 2.45) is 0 Å². The summed E-state index contributed by atoms with van der Waals surface area (Å²) in [4.78, 5) is 4.39. The zero-order valence-corrected chi connectivity index (χ0v) is 14.3. The molecule has 4 nitrogen and oxygen atoms in total. The zero-order valence-electron chi connectivity index (χ0n) is 12.0. The highest BCUT2D eigenvalue weighted by Gasteiger charge is 2.10. The van der Waals surface area contributed by atoms with Crippen LogP contribution in [0.5, 0.6) is 0 Å². The van der Waals surface area contributed by atoms with Gasteiger partial charge >= 0.3 is 0 Å². The fraction of sp³-hybridized carbons (Fsp3) is 0.615. The van der Waals surface area contributed by atoms with E-state index in [1.807, 2.05) is 6.92 Å². The topological polar surface area (TPSA) is 54.0 Å². The number of anilines is 2. The Bertz CT molecular complexity index is 471. The van der Waals surface area contributed by atoms with Gasteiger partial charge in [0.1, 0.15) is 11.6 Å². The summed E-state index contributed by atoms with van der Waals surface area (Å²) >= 11 is 12.2. The molecule has 0 aliphatic rings. The Balaban J connectivity index is 2.67. The maximum absolute atomic E-state index is 11.3. The molecule has 0 saturated carbocycles. The van der Waals surface area contributed by atoms with Crippen molar-refractivity contribution < 1.29 is 4.21 Å². The third-order valence-electron chi connectivity index (χ3n) is 2.88. The molecule has 7 heteroatoms. The van der Waals surface area contributed by atoms with Crippen molar-refractivity contribution in [2.75, 3.05) is 30.0 Å². The Morgan fingerprint density at radius 2 is 1.80 bits per heavy atom. The van der Waals surface area contributed by atoms with E-state index in [2.05, 4.69) is 22.5 Å². The molecule has 0 aromatic carbocycles. The fourth-order valence-electron chi connectivity index (χ4n) is 1.52. The summed E-state index contributed by atoms with van der Waals surface area (Å²) in [6, 6.07) is 1.68. The van der Waals surface area contributed by atoms with E-state index in [0.717, 1.165) is 19.4 Å². The summed E-state index contributed by atoms with van der Waals surface area (Å²) in [5, 5.41) is 7.47. The van der Waals surface area contributed by atoms with Crippen LogP contribution in [0.1, 0.15) is 26.7 Å². The van der Waals surface area contributed by atoms with Crippen molar-refractivity contribution in [2.45, 2.75) is 31.9 Å². The van der Waals surface area contributed by atoms with Crippen molar-refractivity contribution in [1.29, 1.82) is 0 Å². The van der Waals surface area contributed by atoms with Gasteiger partial charge in [0.15, 0.2) is 0 Å². The number of nitrogens with one attached hydrogen (secondary N) is 2. The molecule has 0 saturated heterocycles. The molecule has 0 radical (unpaired) electrons. The molecule has 2 atom stereocenters. The number of nitrogens with zero attached hydrogens (tertiary/aromatic N) is 1. The monoisotopic (exact) mass is 337 g/mol. The number of pyridine rings is 1. The summed E-state index contributed by atoms with van der Waals surface area (Å²) in [5.41, 5.74) is 0. The first-order chi connectivity index (χ1) is 9.45. The van der Waals surface area contributed by atoms with Crippen molar-refractivity contribution in [3.63, 3.8) is 0 Å². The lowest BCUT2D eigenvalue weighted by Crippen LogP contribution is -2.15. The Hall–Kier alpha value is -0.520. The molecule has 1 heterocycles. The Morgan fingerprint density at radius 3 is 2.30 bits per heavy atom. The van der Waals surface area contributed by atoms with Gasteiger partial charge in [-0.25, -0.2) is 4.98 Å². The molecular weight excluding hydrogens is 317 g/mol. The summed E-state index contributed by atoms with van der Waals surface area (Å²) in [6.45, 7) is 5.51. The van der Waals surface area contributed by atoms with Crippen LogP contribution in [0.15, 0.2) is 6.07 Å². The van der Waals surface area contributed by atoms with Gasteiger partial charge in [-0.3, -0.25) is 4.21 Å². The van der Waals surface area contributed by atoms with Crippen molar-refractivity contribution in [3.05, 3.63) is 16.1 Å². The standard InChI is InChI=1S/C13H21Cl2N3OS/c1-4-6-16-12-10(14)8-11(15)13(18-12)17-7-5-9(2)20(3)19/h8-9H,4-7H2,1-3H3,(H2,16,17,18). The van der Waals surface area contributed by atoms with Crippen molar-refractivity contribution in [1.82, 2.24) is 4.98 Å². The molecule has 20 heavy (non-hydrogen) atoms. The maximum Gasteiger partial charge on any atom is 0.147 e. The molecule has 0 spiro atoms. The molecule has 1 rings (SSSR count). The van der Waals surface area contributed by atoms with Crippen LogP contribution in [-0.4, -0.2) is 33.8 Å². The third kappa shape index (κ3) is 5.46. The summed E-state index contributed by atoms with van der Waals surface area (Å²) in [5.74, 6) is 1.23. The van der Waals surface area contributed by atoms with Crippen LogP contribution in [0, 0.1) is 0 Å². The molecule has 0 amide bonds. The van der Waals surface area contributed by atoms with Crippen LogP contribution in [-0.2, 0) is 10.8 Å². The predicted molar refractivity (Wildman–Crippen MR) is 89.7 cm³/mol. The highest BCUT2D eigenvalue weighted by molar-refractivity contribution is 7.84. The second-order valence-corrected chi connectivity index (χ2v) is 7.22. The van der Waals surface area contributed by atoms with Crippen LogP contribution in [0.2, 0.25) is 10.0 Å². The van der Waals surface area contributed by atoms with Gasteiger partial charge in [0.2, 0.25) is 0 Å². The number of hydrogen-bond acceptors (Lipinski definition) is 4. The zero-order chi connectivity index (χ0) is 15.1. The lowest BCUT2D eigenvalue weighted by molar-refractivity contribution is 0.672. The van der Waals surface area contributed by atoms with E-state index in [0.29, 0.717) is 28.2 Å². The first-order valence-electron chi connectivity index (χ1n) is 6.61. The number of aromatic nitrogens is 1. The van der Waals surface area contributed by atoms with Crippen molar-refractivity contribution in [3.8, 4) is 0 Å². The lowest BCUT2D eigenvalue weighted by Gasteiger charge is -2.13. The number of halogens is 2. The normalized spacial score (nSPS) is 13.8. The molecule has 2 N–H and O–H groups in total. The summed E-state index contributed by atoms with van der Waals surface area (Å²) < 4.78 is 11.3. The van der Waals surface area contributed by atoms with Gasteiger partial charge in [-0.05, 0) is 18.9 Å². The highest BCUT2D eigenvalue weighted by Crippen LogP contribution is 2.29. The van der Waals surface area contributed by atoms with Gasteiger partial charge < -0.3 is 10.6 Å². The van der Waals surface area contributed by atoms with E-state index in [4.69, 9.17) is 23.2 Å². The average molecular weight is 338 g/mol. The number of hydrogen-bond donors (Lipinski definition) is 2. The first kappa shape index (κ1) is 17.5. The van der Waals surface area contributed by atoms with Crippen LogP contribution >= 0.6 is 23.2 Å². The SMILES string of the molecule is CCCNc1nc(NCCC(C)S(C)=O)c(Cl)cc1Cl. The molecule has 2 unspecified atom stereocenters. The summed E-state index contributed by atoms with van der Waals surface area (Å²) in [6.07, 6.45) is 3.50. The molecule has 1 aromatic heterocycles. The van der Waals surface area contributed by atoms with E-state index in [-0.39, 0.29) is 5.25 Å². The summed E-state index contributed by atoms with van der Waals surface area (Å²) in [7, 11) is -0.813. The van der Waals surface area contributed by atoms with E-state index in [1.54, 1.807) is 12.3 Å². The molecule has 114 valence electrons. The molecular formula is C13H21Cl2N3OS. The minimum absolute atomic E-state index is 0.145. The van der Waals surface area contributed by atoms with Gasteiger partial charge in [-0.2, -0.15) is 0 Å². The van der Waals surface area contributed by atoms with Gasteiger partial charge in [0, 0.05) is 35.4 Å². The van der Waals surface area contributed by atoms with Gasteiger partial charge in [0.25, 0.3) is 0 Å². The number of rotatable bonds is 8. The smallest absolute Gasteiger partial charge is 0.147 e. The first-order valence-corrected chi connectivity index (χ1v) is 8.99. The molecule has 0 aliphatic heterocycles. The van der Waals surface area contributed by atoms with Gasteiger partial charge in [0.05, 0.1) is 10.0 Å². The van der Waals surface area contributed by atoms with Crippen LogP contribution in [0.4, 0.5) is 11.6 Å². The maximum atomic E-state index is 11.3. The minimum atomic E-state index is -0.813. The molecule has 0 aliphatic carbocycles.